The summed E-state index contributed by atoms with van der Waals surface area (Å²) in [6, 6.07) is 4.31. The van der Waals surface area contributed by atoms with Crippen LogP contribution in [0.15, 0.2) is 18.2 Å². The fourth-order valence-electron chi connectivity index (χ4n) is 1.98. The van der Waals surface area contributed by atoms with Gasteiger partial charge >= 0.3 is 0 Å². The Morgan fingerprint density at radius 3 is 2.24 bits per heavy atom. The molecule has 1 heterocycles. The summed E-state index contributed by atoms with van der Waals surface area (Å²) in [4.78, 5) is 28.5. The van der Waals surface area contributed by atoms with E-state index in [1.165, 1.54) is 12.1 Å². The predicted molar refractivity (Wildman–Crippen MR) is 95.4 cm³/mol. The van der Waals surface area contributed by atoms with Crippen molar-refractivity contribution in [2.75, 3.05) is 38.0 Å². The van der Waals surface area contributed by atoms with Crippen LogP contribution >= 0.6 is 11.6 Å². The van der Waals surface area contributed by atoms with Crippen molar-refractivity contribution in [1.82, 2.24) is 20.3 Å². The number of halogens is 2. The van der Waals surface area contributed by atoms with Gasteiger partial charge in [-0.3, -0.25) is 4.79 Å². The molecule has 1 N–H and O–H groups in total. The molecule has 2 aromatic rings. The predicted octanol–water partition coefficient (Wildman–Crippen LogP) is 1.65. The number of anilines is 2. The molecule has 0 unspecified atom stereocenters. The third-order valence-corrected chi connectivity index (χ3v) is 3.65. The van der Waals surface area contributed by atoms with Gasteiger partial charge in [0.25, 0.3) is 0 Å². The summed E-state index contributed by atoms with van der Waals surface area (Å²) >= 11 is 5.94. The number of nitrogens with one attached hydrogen (secondary N) is 1. The van der Waals surface area contributed by atoms with Gasteiger partial charge in [0.15, 0.2) is 5.82 Å². The minimum absolute atomic E-state index is 0.106. The summed E-state index contributed by atoms with van der Waals surface area (Å²) in [5.74, 6) is 0.508. The fourth-order valence-corrected chi connectivity index (χ4v) is 2.21. The van der Waals surface area contributed by atoms with Gasteiger partial charge in [0.2, 0.25) is 17.8 Å². The summed E-state index contributed by atoms with van der Waals surface area (Å²) in [6.07, 6.45) is -0.155. The van der Waals surface area contributed by atoms with Gasteiger partial charge in [-0.15, -0.1) is 0 Å². The molecular formula is C16H20ClFN6O. The van der Waals surface area contributed by atoms with Crippen LogP contribution in [0.5, 0.6) is 0 Å². The standard InChI is InChI=1S/C16H20ClFN6O/c1-23(2)15-20-13(21-16(22-15)24(3)4)9-19-14(25)8-10-11(17)6-5-7-12(10)18/h5-7H,8-9H2,1-4H3,(H,19,25). The lowest BCUT2D eigenvalue weighted by atomic mass is 10.1. The average Bonchev–Trinajstić information content (AvgIpc) is 2.56. The van der Waals surface area contributed by atoms with E-state index in [-0.39, 0.29) is 29.5 Å². The van der Waals surface area contributed by atoms with Gasteiger partial charge in [-0.05, 0) is 12.1 Å². The highest BCUT2D eigenvalue weighted by Crippen LogP contribution is 2.19. The second-order valence-corrected chi connectivity index (χ2v) is 6.20. The van der Waals surface area contributed by atoms with Crippen LogP contribution < -0.4 is 15.1 Å². The van der Waals surface area contributed by atoms with Crippen molar-refractivity contribution in [3.8, 4) is 0 Å². The number of rotatable bonds is 6. The minimum atomic E-state index is -0.507. The van der Waals surface area contributed by atoms with Crippen molar-refractivity contribution in [2.24, 2.45) is 0 Å². The first kappa shape index (κ1) is 18.9. The highest BCUT2D eigenvalue weighted by molar-refractivity contribution is 6.31. The molecule has 0 aliphatic rings. The molecule has 0 aliphatic heterocycles. The van der Waals surface area contributed by atoms with Crippen LogP contribution in [0, 0.1) is 5.82 Å². The van der Waals surface area contributed by atoms with Crippen LogP contribution in [-0.4, -0.2) is 49.0 Å². The number of amides is 1. The molecule has 0 fully saturated rings. The number of aromatic nitrogens is 3. The molecular weight excluding hydrogens is 347 g/mol. The zero-order chi connectivity index (χ0) is 18.6. The maximum atomic E-state index is 13.7. The average molecular weight is 367 g/mol. The Hall–Kier alpha value is -2.48. The van der Waals surface area contributed by atoms with Gasteiger partial charge in [-0.2, -0.15) is 15.0 Å². The molecule has 0 saturated heterocycles. The lowest BCUT2D eigenvalue weighted by Crippen LogP contribution is -2.27. The molecule has 9 heteroatoms. The normalized spacial score (nSPS) is 10.5. The van der Waals surface area contributed by atoms with Crippen molar-refractivity contribution in [1.29, 1.82) is 0 Å². The van der Waals surface area contributed by atoms with Crippen molar-refractivity contribution >= 4 is 29.4 Å². The molecule has 2 rings (SSSR count). The first-order valence-electron chi connectivity index (χ1n) is 7.57. The zero-order valence-corrected chi connectivity index (χ0v) is 15.3. The smallest absolute Gasteiger partial charge is 0.229 e. The van der Waals surface area contributed by atoms with Gasteiger partial charge in [-0.25, -0.2) is 4.39 Å². The third-order valence-electron chi connectivity index (χ3n) is 3.30. The van der Waals surface area contributed by atoms with E-state index in [1.54, 1.807) is 15.9 Å². The summed E-state index contributed by atoms with van der Waals surface area (Å²) in [5, 5.41) is 2.90. The summed E-state index contributed by atoms with van der Waals surface area (Å²) < 4.78 is 13.7. The zero-order valence-electron chi connectivity index (χ0n) is 14.5. The first-order valence-corrected chi connectivity index (χ1v) is 7.95. The maximum Gasteiger partial charge on any atom is 0.229 e. The molecule has 0 radical (unpaired) electrons. The molecule has 1 aromatic heterocycles. The Morgan fingerprint density at radius 1 is 1.12 bits per heavy atom. The van der Waals surface area contributed by atoms with Gasteiger partial charge in [0.1, 0.15) is 5.82 Å². The molecule has 0 aliphatic carbocycles. The molecule has 0 saturated carbocycles. The SMILES string of the molecule is CN(C)c1nc(CNC(=O)Cc2c(F)cccc2Cl)nc(N(C)C)n1. The Bertz CT molecular complexity index is 722. The van der Waals surface area contributed by atoms with Crippen LogP contribution in [0.4, 0.5) is 16.3 Å². The minimum Gasteiger partial charge on any atom is -0.349 e. The number of carbonyl (C=O) groups excluding carboxylic acids is 1. The largest absolute Gasteiger partial charge is 0.349 e. The van der Waals surface area contributed by atoms with Crippen LogP contribution in [0.1, 0.15) is 11.4 Å². The maximum absolute atomic E-state index is 13.7. The van der Waals surface area contributed by atoms with Crippen LogP contribution in [-0.2, 0) is 17.8 Å². The number of benzene rings is 1. The third kappa shape index (κ3) is 4.99. The Morgan fingerprint density at radius 2 is 1.72 bits per heavy atom. The summed E-state index contributed by atoms with van der Waals surface area (Å²) in [5.41, 5.74) is 0.167. The molecule has 7 nitrogen and oxygen atoms in total. The highest BCUT2D eigenvalue weighted by atomic mass is 35.5. The molecule has 0 spiro atoms. The van der Waals surface area contributed by atoms with E-state index in [0.29, 0.717) is 17.7 Å². The number of carbonyl (C=O) groups is 1. The van der Waals surface area contributed by atoms with Crippen LogP contribution in [0.2, 0.25) is 5.02 Å². The number of hydrogen-bond donors (Lipinski definition) is 1. The second-order valence-electron chi connectivity index (χ2n) is 5.79. The number of hydrogen-bond acceptors (Lipinski definition) is 6. The monoisotopic (exact) mass is 366 g/mol. The van der Waals surface area contributed by atoms with E-state index >= 15 is 0 Å². The van der Waals surface area contributed by atoms with Gasteiger partial charge in [0, 0.05) is 38.8 Å². The first-order chi connectivity index (χ1) is 11.8. The summed E-state index contributed by atoms with van der Waals surface area (Å²) in [7, 11) is 7.27. The van der Waals surface area contributed by atoms with E-state index < -0.39 is 5.82 Å². The van der Waals surface area contributed by atoms with Gasteiger partial charge in [-0.1, -0.05) is 17.7 Å². The lowest BCUT2D eigenvalue weighted by molar-refractivity contribution is -0.120. The molecule has 25 heavy (non-hydrogen) atoms. The van der Waals surface area contributed by atoms with E-state index in [1.807, 2.05) is 28.2 Å². The van der Waals surface area contributed by atoms with Crippen LogP contribution in [0.25, 0.3) is 0 Å². The van der Waals surface area contributed by atoms with E-state index in [2.05, 4.69) is 20.3 Å². The molecule has 0 atom stereocenters. The van der Waals surface area contributed by atoms with Crippen molar-refractivity contribution < 1.29 is 9.18 Å². The molecule has 0 bridgehead atoms. The Labute approximate surface area is 150 Å². The lowest BCUT2D eigenvalue weighted by Gasteiger charge is -2.16. The van der Waals surface area contributed by atoms with E-state index in [4.69, 9.17) is 11.6 Å². The molecule has 1 amide bonds. The quantitative estimate of drug-likeness (QED) is 0.838. The van der Waals surface area contributed by atoms with Crippen molar-refractivity contribution in [3.63, 3.8) is 0 Å². The van der Waals surface area contributed by atoms with Gasteiger partial charge < -0.3 is 15.1 Å². The van der Waals surface area contributed by atoms with Crippen molar-refractivity contribution in [2.45, 2.75) is 13.0 Å². The molecule has 134 valence electrons. The van der Waals surface area contributed by atoms with Gasteiger partial charge in [0.05, 0.1) is 13.0 Å². The number of nitrogens with zero attached hydrogens (tertiary/aromatic N) is 5. The van der Waals surface area contributed by atoms with Crippen LogP contribution in [0.3, 0.4) is 0 Å². The topological polar surface area (TPSA) is 74.2 Å². The Kier molecular flexibility index (Phi) is 6.08. The van der Waals surface area contributed by atoms with E-state index in [0.717, 1.165) is 0 Å². The Balaban J connectivity index is 2.09. The fraction of sp³-hybridized carbons (Fsp3) is 0.375. The molecule has 1 aromatic carbocycles. The second kappa shape index (κ2) is 8.06. The van der Waals surface area contributed by atoms with Crippen molar-refractivity contribution in [3.05, 3.63) is 40.4 Å². The van der Waals surface area contributed by atoms with E-state index in [9.17, 15) is 9.18 Å². The highest BCUT2D eigenvalue weighted by Gasteiger charge is 2.14. The summed E-state index contributed by atoms with van der Waals surface area (Å²) in [6.45, 7) is 0.106.